The summed E-state index contributed by atoms with van der Waals surface area (Å²) in [5.74, 6) is 0.344. The van der Waals surface area contributed by atoms with Crippen molar-refractivity contribution in [2.75, 3.05) is 68.1 Å². The number of hydrogen-bond acceptors (Lipinski definition) is 10. The van der Waals surface area contributed by atoms with Crippen LogP contribution in [0, 0.1) is 12.8 Å². The molecular formula is C37H49F3N8O4S. The van der Waals surface area contributed by atoms with Gasteiger partial charge in [-0.25, -0.2) is 13.4 Å². The summed E-state index contributed by atoms with van der Waals surface area (Å²) in [4.78, 5) is 26.6. The van der Waals surface area contributed by atoms with Crippen molar-refractivity contribution < 1.29 is 31.1 Å². The average molecular weight is 759 g/mol. The Balaban J connectivity index is 1.08. The third-order valence-corrected chi connectivity index (χ3v) is 11.7. The average Bonchev–Trinajstić information content (AvgIpc) is 3.95. The minimum Gasteiger partial charge on any atom is -0.495 e. The number of ether oxygens (including phenoxy) is 1. The van der Waals surface area contributed by atoms with Gasteiger partial charge >= 0.3 is 6.18 Å². The summed E-state index contributed by atoms with van der Waals surface area (Å²) in [5, 5.41) is 8.82. The first-order valence-corrected chi connectivity index (χ1v) is 20.0. The minimum absolute atomic E-state index is 0.0768. The molecule has 6 rings (SSSR count). The Hall–Kier alpha value is -4.15. The maximum Gasteiger partial charge on any atom is 0.421 e. The number of benzene rings is 2. The molecule has 288 valence electrons. The van der Waals surface area contributed by atoms with Crippen LogP contribution in [0.4, 0.5) is 36.3 Å². The number of alkyl halides is 3. The molecule has 3 aliphatic rings. The Morgan fingerprint density at radius 3 is 2.38 bits per heavy atom. The molecule has 3 N–H and O–H groups in total. The lowest BCUT2D eigenvalue weighted by Gasteiger charge is -2.42. The van der Waals surface area contributed by atoms with Crippen LogP contribution in [0.2, 0.25) is 0 Å². The topological polar surface area (TPSA) is 132 Å². The number of aryl methyl sites for hydroxylation is 1. The summed E-state index contributed by atoms with van der Waals surface area (Å²) in [6.07, 6.45) is 3.65. The number of sulfonamides is 1. The maximum atomic E-state index is 14.0. The third kappa shape index (κ3) is 9.89. The monoisotopic (exact) mass is 758 g/mol. The molecule has 0 bridgehead atoms. The van der Waals surface area contributed by atoms with Gasteiger partial charge in [-0.3, -0.25) is 14.0 Å². The highest BCUT2D eigenvalue weighted by atomic mass is 32.2. The largest absolute Gasteiger partial charge is 0.495 e. The van der Waals surface area contributed by atoms with Gasteiger partial charge in [0.25, 0.3) is 5.91 Å². The molecule has 1 saturated heterocycles. The van der Waals surface area contributed by atoms with E-state index in [9.17, 15) is 26.4 Å². The molecule has 1 aliphatic heterocycles. The molecule has 2 heterocycles. The number of hydrogen-bond donors (Lipinski definition) is 3. The van der Waals surface area contributed by atoms with E-state index in [0.717, 1.165) is 73.9 Å². The first-order chi connectivity index (χ1) is 25.2. The molecule has 53 heavy (non-hydrogen) atoms. The van der Waals surface area contributed by atoms with Crippen LogP contribution in [0.15, 0.2) is 42.6 Å². The van der Waals surface area contributed by atoms with Crippen molar-refractivity contribution in [2.24, 2.45) is 5.92 Å². The summed E-state index contributed by atoms with van der Waals surface area (Å²) in [6.45, 7) is 7.41. The molecule has 0 radical (unpaired) electrons. The Kier molecular flexibility index (Phi) is 11.7. The van der Waals surface area contributed by atoms with Gasteiger partial charge in [0.1, 0.15) is 17.1 Å². The van der Waals surface area contributed by atoms with Crippen molar-refractivity contribution in [1.82, 2.24) is 25.1 Å². The van der Waals surface area contributed by atoms with E-state index in [4.69, 9.17) is 4.74 Å². The summed E-state index contributed by atoms with van der Waals surface area (Å²) < 4.78 is 73.2. The molecular weight excluding hydrogens is 710 g/mol. The zero-order valence-electron chi connectivity index (χ0n) is 30.7. The number of aromatic nitrogens is 2. The zero-order valence-corrected chi connectivity index (χ0v) is 31.5. The van der Waals surface area contributed by atoms with Gasteiger partial charge in [0.15, 0.2) is 0 Å². The van der Waals surface area contributed by atoms with Crippen molar-refractivity contribution in [2.45, 2.75) is 70.3 Å². The molecule has 12 nitrogen and oxygen atoms in total. The fourth-order valence-corrected chi connectivity index (χ4v) is 7.67. The van der Waals surface area contributed by atoms with E-state index >= 15 is 0 Å². The molecule has 3 aromatic rings. The van der Waals surface area contributed by atoms with Gasteiger partial charge in [-0.1, -0.05) is 12.1 Å². The number of anilines is 4. The summed E-state index contributed by atoms with van der Waals surface area (Å²) >= 11 is 0. The van der Waals surface area contributed by atoms with Gasteiger partial charge in [-0.05, 0) is 86.8 Å². The second kappa shape index (κ2) is 16.1. The fourth-order valence-electron chi connectivity index (χ4n) is 7.15. The fraction of sp³-hybridized carbons (Fsp3) is 0.541. The van der Waals surface area contributed by atoms with Crippen LogP contribution >= 0.6 is 0 Å². The van der Waals surface area contributed by atoms with E-state index < -0.39 is 27.6 Å². The van der Waals surface area contributed by atoms with Gasteiger partial charge < -0.3 is 25.6 Å². The van der Waals surface area contributed by atoms with E-state index in [2.05, 4.69) is 35.7 Å². The Morgan fingerprint density at radius 1 is 1.02 bits per heavy atom. The van der Waals surface area contributed by atoms with Crippen molar-refractivity contribution in [3.8, 4) is 5.75 Å². The molecule has 16 heteroatoms. The second-order valence-electron chi connectivity index (χ2n) is 14.5. The number of carbonyl (C=O) groups is 1. The number of nitrogens with one attached hydrogen (secondary N) is 3. The van der Waals surface area contributed by atoms with Crippen molar-refractivity contribution in [3.05, 3.63) is 64.8 Å². The van der Waals surface area contributed by atoms with E-state index in [0.29, 0.717) is 34.7 Å². The van der Waals surface area contributed by atoms with Crippen LogP contribution in [0.5, 0.6) is 5.75 Å². The number of methoxy groups -OCH3 is 1. The van der Waals surface area contributed by atoms with Crippen molar-refractivity contribution in [1.29, 1.82) is 0 Å². The number of piperazine rings is 1. The lowest BCUT2D eigenvalue weighted by atomic mass is 9.89. The molecule has 1 amide bonds. The van der Waals surface area contributed by atoms with Crippen LogP contribution in [0.25, 0.3) is 0 Å². The molecule has 0 atom stereocenters. The number of rotatable bonds is 13. The highest BCUT2D eigenvalue weighted by molar-refractivity contribution is 7.92. The highest BCUT2D eigenvalue weighted by Crippen LogP contribution is 2.36. The van der Waals surface area contributed by atoms with Gasteiger partial charge in [0.05, 0.1) is 24.7 Å². The van der Waals surface area contributed by atoms with E-state index in [1.165, 1.54) is 33.5 Å². The predicted molar refractivity (Wildman–Crippen MR) is 199 cm³/mol. The number of halogens is 3. The van der Waals surface area contributed by atoms with Gasteiger partial charge in [-0.2, -0.15) is 18.2 Å². The first-order valence-electron chi connectivity index (χ1n) is 18.1. The van der Waals surface area contributed by atoms with Crippen molar-refractivity contribution >= 4 is 39.1 Å². The lowest BCUT2D eigenvalue weighted by Crippen LogP contribution is -2.52. The summed E-state index contributed by atoms with van der Waals surface area (Å²) in [6, 6.07) is 10.5. The lowest BCUT2D eigenvalue weighted by molar-refractivity contribution is -0.137. The van der Waals surface area contributed by atoms with E-state index in [1.54, 1.807) is 43.3 Å². The normalized spacial score (nSPS) is 20.1. The third-order valence-electron chi connectivity index (χ3n) is 10.5. The smallest absolute Gasteiger partial charge is 0.421 e. The molecule has 2 saturated carbocycles. The van der Waals surface area contributed by atoms with Crippen LogP contribution < -0.4 is 25.0 Å². The van der Waals surface area contributed by atoms with Crippen LogP contribution in [-0.4, -0.2) is 99.3 Å². The standard InChI is InChI=1S/C37H49F3N8O4S/c1-24-5-8-27(32(19-24)46(2)53(4,50)51)21-41-34-30(37(38,39)40)22-42-36(45-34)44-31-14-9-26(20-33(31)52-3)35(49)43-28-10-12-29(13-11-28)48-17-15-47(16-18-48)23-25-6-7-25/h5,8-9,14,19-20,22,25,28-29H,6-7,10-13,15-18,21,23H2,1-4H3,(H,43,49)(H2,41,42,44,45). The Labute approximate surface area is 309 Å². The van der Waals surface area contributed by atoms with Gasteiger partial charge in [0, 0.05) is 70.2 Å². The van der Waals surface area contributed by atoms with Gasteiger partial charge in [-0.15, -0.1) is 0 Å². The van der Waals surface area contributed by atoms with Crippen LogP contribution in [0.3, 0.4) is 0 Å². The van der Waals surface area contributed by atoms with Crippen LogP contribution in [-0.2, 0) is 22.7 Å². The number of nitrogens with zero attached hydrogens (tertiary/aromatic N) is 5. The molecule has 2 aliphatic carbocycles. The summed E-state index contributed by atoms with van der Waals surface area (Å²) in [7, 11) is -0.817. The van der Waals surface area contributed by atoms with Gasteiger partial charge in [0.2, 0.25) is 16.0 Å². The predicted octanol–water partition coefficient (Wildman–Crippen LogP) is 5.63. The van der Waals surface area contributed by atoms with Crippen molar-refractivity contribution in [3.63, 3.8) is 0 Å². The summed E-state index contributed by atoms with van der Waals surface area (Å²) in [5.41, 5.74) is 1.22. The Morgan fingerprint density at radius 2 is 1.74 bits per heavy atom. The van der Waals surface area contributed by atoms with Crippen LogP contribution in [0.1, 0.15) is 65.6 Å². The van der Waals surface area contributed by atoms with E-state index in [-0.39, 0.29) is 30.2 Å². The number of amides is 1. The first kappa shape index (κ1) is 38.6. The second-order valence-corrected chi connectivity index (χ2v) is 16.5. The Bertz CT molecular complexity index is 1880. The molecule has 3 fully saturated rings. The number of carbonyl (C=O) groups excluding carboxylic acids is 1. The maximum absolute atomic E-state index is 14.0. The molecule has 2 aromatic carbocycles. The quantitative estimate of drug-likeness (QED) is 0.202. The molecule has 0 spiro atoms. The zero-order chi connectivity index (χ0) is 37.9. The minimum atomic E-state index is -4.77. The highest BCUT2D eigenvalue weighted by Gasteiger charge is 2.36. The molecule has 1 aromatic heterocycles. The molecule has 0 unspecified atom stereocenters. The van der Waals surface area contributed by atoms with E-state index in [1.807, 2.05) is 0 Å². The SMILES string of the molecule is COc1cc(C(=O)NC2CCC(N3CCN(CC4CC4)CC3)CC2)ccc1Nc1ncc(C(F)(F)F)c(NCc2ccc(C)cc2N(C)S(C)(=O)=O)n1.